The van der Waals surface area contributed by atoms with E-state index in [2.05, 4.69) is 4.98 Å². The van der Waals surface area contributed by atoms with E-state index in [9.17, 15) is 14.7 Å². The molecule has 2 aromatic rings. The minimum Gasteiger partial charge on any atom is -0.478 e. The second-order valence-electron chi connectivity index (χ2n) is 6.55. The summed E-state index contributed by atoms with van der Waals surface area (Å²) in [7, 11) is 0. The summed E-state index contributed by atoms with van der Waals surface area (Å²) in [5.74, 6) is -0.0817. The molecule has 6 nitrogen and oxygen atoms in total. The summed E-state index contributed by atoms with van der Waals surface area (Å²) in [6.45, 7) is 2.41. The number of aromatic amines is 1. The number of benzene rings is 1. The summed E-state index contributed by atoms with van der Waals surface area (Å²) in [4.78, 5) is 28.6. The number of aromatic nitrogens is 1. The highest BCUT2D eigenvalue weighted by Gasteiger charge is 2.35. The monoisotopic (exact) mass is 376 g/mol. The van der Waals surface area contributed by atoms with Crippen molar-refractivity contribution in [1.29, 1.82) is 0 Å². The number of carbonyl (C=O) groups excluding carboxylic acids is 1. The van der Waals surface area contributed by atoms with Crippen LogP contribution in [-0.4, -0.2) is 40.6 Å². The number of hydrogen-bond acceptors (Lipinski definition) is 4. The van der Waals surface area contributed by atoms with Gasteiger partial charge in [-0.15, -0.1) is 0 Å². The average Bonchev–Trinajstić information content (AvgIpc) is 2.62. The molecule has 7 heteroatoms. The van der Waals surface area contributed by atoms with Gasteiger partial charge in [0.15, 0.2) is 12.4 Å². The lowest BCUT2D eigenvalue weighted by Gasteiger charge is -2.38. The Labute approximate surface area is 156 Å². The highest BCUT2D eigenvalue weighted by molar-refractivity contribution is 6.30. The Morgan fingerprint density at radius 3 is 2.58 bits per heavy atom. The van der Waals surface area contributed by atoms with Crippen molar-refractivity contribution in [2.45, 2.75) is 25.4 Å². The molecule has 0 spiro atoms. The zero-order valence-electron chi connectivity index (χ0n) is 14.5. The first-order chi connectivity index (χ1) is 12.4. The number of H-pyrrole nitrogens is 1. The van der Waals surface area contributed by atoms with Crippen LogP contribution < -0.4 is 10.2 Å². The average molecular weight is 377 g/mol. The summed E-state index contributed by atoms with van der Waals surface area (Å²) in [6, 6.07) is 8.55. The van der Waals surface area contributed by atoms with Crippen molar-refractivity contribution in [2.24, 2.45) is 0 Å². The fourth-order valence-corrected chi connectivity index (χ4v) is 3.20. The predicted octanol–water partition coefficient (Wildman–Crippen LogP) is 2.23. The van der Waals surface area contributed by atoms with Crippen molar-refractivity contribution in [3.05, 3.63) is 63.0 Å². The second kappa shape index (κ2) is 7.51. The molecule has 1 aromatic heterocycles. The Morgan fingerprint density at radius 1 is 1.31 bits per heavy atom. The Hall–Kier alpha value is -2.31. The third-order valence-corrected chi connectivity index (χ3v) is 4.95. The van der Waals surface area contributed by atoms with Crippen molar-refractivity contribution in [3.8, 4) is 5.75 Å². The van der Waals surface area contributed by atoms with E-state index < -0.39 is 5.60 Å². The van der Waals surface area contributed by atoms with Crippen molar-refractivity contribution < 1.29 is 14.6 Å². The van der Waals surface area contributed by atoms with Gasteiger partial charge in [-0.3, -0.25) is 9.59 Å². The number of nitrogens with one attached hydrogen (secondary N) is 1. The van der Waals surface area contributed by atoms with Crippen LogP contribution in [0.5, 0.6) is 5.75 Å². The fourth-order valence-electron chi connectivity index (χ4n) is 3.08. The molecule has 26 heavy (non-hydrogen) atoms. The third kappa shape index (κ3) is 4.08. The van der Waals surface area contributed by atoms with Gasteiger partial charge in [0.05, 0.1) is 5.60 Å². The molecule has 2 N–H and O–H groups in total. The number of carbonyl (C=O) groups is 1. The Bertz CT molecular complexity index is 839. The highest BCUT2D eigenvalue weighted by atomic mass is 35.5. The maximum absolute atomic E-state index is 12.3. The number of amides is 1. The number of nitrogens with zero attached hydrogens (tertiary/aromatic N) is 1. The SMILES string of the molecule is Cc1cc(=O)c(OCC(=O)N2CCC(O)(c3ccc(Cl)cc3)CC2)c[nH]1. The standard InChI is InChI=1S/C19H21ClN2O4/c1-13-10-16(23)17(11-21-13)26-12-18(24)22-8-6-19(25,7-9-22)14-2-4-15(20)5-3-14/h2-5,10-11,25H,6-9,12H2,1H3,(H,21,23). The lowest BCUT2D eigenvalue weighted by Crippen LogP contribution is -2.46. The summed E-state index contributed by atoms with van der Waals surface area (Å²) in [5.41, 5.74) is 0.309. The largest absolute Gasteiger partial charge is 0.478 e. The van der Waals surface area contributed by atoms with Gasteiger partial charge >= 0.3 is 0 Å². The van der Waals surface area contributed by atoms with Crippen LogP contribution in [0.2, 0.25) is 5.02 Å². The number of rotatable bonds is 4. The lowest BCUT2D eigenvalue weighted by molar-refractivity contribution is -0.137. The second-order valence-corrected chi connectivity index (χ2v) is 6.99. The van der Waals surface area contributed by atoms with Crippen molar-refractivity contribution in [3.63, 3.8) is 0 Å². The number of pyridine rings is 1. The molecule has 1 fully saturated rings. The molecule has 3 rings (SSSR count). The van der Waals surface area contributed by atoms with E-state index in [0.717, 1.165) is 11.3 Å². The molecule has 1 saturated heterocycles. The fraction of sp³-hybridized carbons (Fsp3) is 0.368. The van der Waals surface area contributed by atoms with Gasteiger partial charge in [-0.1, -0.05) is 23.7 Å². The molecule has 1 aliphatic rings. The number of aliphatic hydroxyl groups is 1. The first kappa shape index (κ1) is 18.5. The van der Waals surface area contributed by atoms with E-state index >= 15 is 0 Å². The minimum atomic E-state index is -0.962. The van der Waals surface area contributed by atoms with Gasteiger partial charge in [-0.2, -0.15) is 0 Å². The maximum Gasteiger partial charge on any atom is 0.260 e. The van der Waals surface area contributed by atoms with Crippen molar-refractivity contribution in [1.82, 2.24) is 9.88 Å². The zero-order valence-corrected chi connectivity index (χ0v) is 15.3. The normalized spacial score (nSPS) is 16.3. The molecule has 2 heterocycles. The molecule has 0 bridgehead atoms. The van der Waals surface area contributed by atoms with E-state index in [1.807, 2.05) is 12.1 Å². The smallest absolute Gasteiger partial charge is 0.260 e. The summed E-state index contributed by atoms with van der Waals surface area (Å²) in [5, 5.41) is 11.5. The van der Waals surface area contributed by atoms with Gasteiger partial charge < -0.3 is 19.7 Å². The van der Waals surface area contributed by atoms with E-state index in [4.69, 9.17) is 16.3 Å². The quantitative estimate of drug-likeness (QED) is 0.857. The number of hydrogen-bond donors (Lipinski definition) is 2. The zero-order chi connectivity index (χ0) is 18.7. The summed E-state index contributed by atoms with van der Waals surface area (Å²) in [6.07, 6.45) is 2.33. The van der Waals surface area contributed by atoms with Gasteiger partial charge in [0.1, 0.15) is 0 Å². The van der Waals surface area contributed by atoms with Gasteiger partial charge in [-0.05, 0) is 37.5 Å². The number of halogens is 1. The molecule has 138 valence electrons. The molecule has 0 saturated carbocycles. The van der Waals surface area contributed by atoms with E-state index in [1.54, 1.807) is 24.0 Å². The molecular weight excluding hydrogens is 356 g/mol. The molecule has 1 amide bonds. The first-order valence-corrected chi connectivity index (χ1v) is 8.83. The van der Waals surface area contributed by atoms with Gasteiger partial charge in [0.25, 0.3) is 5.91 Å². The van der Waals surface area contributed by atoms with Crippen LogP contribution in [0, 0.1) is 6.92 Å². The summed E-state index contributed by atoms with van der Waals surface area (Å²) < 4.78 is 5.34. The summed E-state index contributed by atoms with van der Waals surface area (Å²) >= 11 is 5.89. The van der Waals surface area contributed by atoms with Gasteiger partial charge in [0.2, 0.25) is 5.43 Å². The van der Waals surface area contributed by atoms with Gasteiger partial charge in [0, 0.05) is 36.1 Å². The number of likely N-dealkylation sites (tertiary alicyclic amines) is 1. The number of piperidine rings is 1. The van der Waals surface area contributed by atoms with Crippen LogP contribution in [0.3, 0.4) is 0 Å². The van der Waals surface area contributed by atoms with Crippen LogP contribution in [0.1, 0.15) is 24.1 Å². The predicted molar refractivity (Wildman–Crippen MR) is 98.5 cm³/mol. The Morgan fingerprint density at radius 2 is 1.96 bits per heavy atom. The molecular formula is C19H21ClN2O4. The van der Waals surface area contributed by atoms with E-state index in [0.29, 0.717) is 31.0 Å². The number of ether oxygens (including phenoxy) is 1. The molecule has 1 aromatic carbocycles. The molecule has 0 radical (unpaired) electrons. The van der Waals surface area contributed by atoms with Crippen LogP contribution in [0.15, 0.2) is 41.3 Å². The Balaban J connectivity index is 1.56. The first-order valence-electron chi connectivity index (χ1n) is 8.46. The molecule has 0 atom stereocenters. The van der Waals surface area contributed by atoms with E-state index in [1.165, 1.54) is 12.3 Å². The van der Waals surface area contributed by atoms with Crippen LogP contribution in [0.4, 0.5) is 0 Å². The Kier molecular flexibility index (Phi) is 5.34. The third-order valence-electron chi connectivity index (χ3n) is 4.70. The van der Waals surface area contributed by atoms with Crippen molar-refractivity contribution >= 4 is 17.5 Å². The van der Waals surface area contributed by atoms with Gasteiger partial charge in [-0.25, -0.2) is 0 Å². The van der Waals surface area contributed by atoms with Crippen molar-refractivity contribution in [2.75, 3.05) is 19.7 Å². The van der Waals surface area contributed by atoms with E-state index in [-0.39, 0.29) is 23.7 Å². The highest BCUT2D eigenvalue weighted by Crippen LogP contribution is 2.33. The molecule has 0 aliphatic carbocycles. The molecule has 1 aliphatic heterocycles. The van der Waals surface area contributed by atoms with Crippen LogP contribution in [-0.2, 0) is 10.4 Å². The number of aryl methyl sites for hydroxylation is 1. The van der Waals surface area contributed by atoms with Crippen LogP contribution >= 0.6 is 11.6 Å². The lowest BCUT2D eigenvalue weighted by atomic mass is 9.84. The minimum absolute atomic E-state index is 0.124. The van der Waals surface area contributed by atoms with Crippen LogP contribution in [0.25, 0.3) is 0 Å². The molecule has 0 unspecified atom stereocenters. The maximum atomic E-state index is 12.3. The topological polar surface area (TPSA) is 82.6 Å².